The van der Waals surface area contributed by atoms with Crippen molar-refractivity contribution in [1.29, 1.82) is 0 Å². The molecule has 19 heavy (non-hydrogen) atoms. The van der Waals surface area contributed by atoms with E-state index in [1.807, 2.05) is 32.9 Å². The van der Waals surface area contributed by atoms with Crippen molar-refractivity contribution in [1.82, 2.24) is 0 Å². The van der Waals surface area contributed by atoms with Crippen LogP contribution in [0.4, 0.5) is 0 Å². The first-order valence-electron chi connectivity index (χ1n) is 5.90. The predicted molar refractivity (Wildman–Crippen MR) is 78.1 cm³/mol. The van der Waals surface area contributed by atoms with Gasteiger partial charge in [0.1, 0.15) is 4.90 Å². The third-order valence-corrected chi connectivity index (χ3v) is 4.51. The zero-order chi connectivity index (χ0) is 14.4. The first-order valence-corrected chi connectivity index (χ1v) is 7.35. The Morgan fingerprint density at radius 1 is 1.11 bits per heavy atom. The van der Waals surface area contributed by atoms with Gasteiger partial charge in [-0.05, 0) is 59.9 Å². The van der Waals surface area contributed by atoms with Crippen LogP contribution in [0.15, 0.2) is 29.7 Å². The van der Waals surface area contributed by atoms with Crippen LogP contribution in [0.2, 0.25) is 0 Å². The van der Waals surface area contributed by atoms with Crippen LogP contribution < -0.4 is 0 Å². The van der Waals surface area contributed by atoms with Gasteiger partial charge in [-0.2, -0.15) is 8.42 Å². The summed E-state index contributed by atoms with van der Waals surface area (Å²) in [6.07, 6.45) is 1.47. The highest BCUT2D eigenvalue weighted by Crippen LogP contribution is 2.32. The first kappa shape index (κ1) is 13.8. The maximum Gasteiger partial charge on any atom is 0.295 e. The molecule has 0 aliphatic carbocycles. The van der Waals surface area contributed by atoms with Crippen LogP contribution in [0.3, 0.4) is 0 Å². The molecule has 0 aliphatic rings. The highest BCUT2D eigenvalue weighted by Gasteiger charge is 2.18. The molecular weight excluding hydrogens is 260 g/mol. The highest BCUT2D eigenvalue weighted by molar-refractivity contribution is 7.86. The smallest absolute Gasteiger partial charge is 0.282 e. The van der Waals surface area contributed by atoms with Gasteiger partial charge in [-0.25, -0.2) is 0 Å². The lowest BCUT2D eigenvalue weighted by atomic mass is 9.95. The molecule has 2 aromatic carbocycles. The summed E-state index contributed by atoms with van der Waals surface area (Å²) >= 11 is 0. The average molecular weight is 276 g/mol. The molecule has 3 nitrogen and oxygen atoms in total. The van der Waals surface area contributed by atoms with Crippen LogP contribution in [0.5, 0.6) is 0 Å². The van der Waals surface area contributed by atoms with Crippen LogP contribution in [0.25, 0.3) is 16.8 Å². The number of benzene rings is 2. The molecule has 0 aromatic heterocycles. The summed E-state index contributed by atoms with van der Waals surface area (Å²) in [5, 5.41) is 1.82. The van der Waals surface area contributed by atoms with Gasteiger partial charge in [0.15, 0.2) is 0 Å². The standard InChI is InChI=1S/C15H16O3S/c1-5-12-11(4)13-7-6-9(2)10(3)14(13)8-15(12)19(16,17)18/h5-8H,1H2,2-4H3,(H,16,17,18). The predicted octanol–water partition coefficient (Wildman–Crippen LogP) is 3.65. The fourth-order valence-corrected chi connectivity index (χ4v) is 3.14. The van der Waals surface area contributed by atoms with Crippen molar-refractivity contribution in [2.75, 3.05) is 0 Å². The summed E-state index contributed by atoms with van der Waals surface area (Å²) in [5.74, 6) is 0. The Morgan fingerprint density at radius 3 is 2.26 bits per heavy atom. The van der Waals surface area contributed by atoms with E-state index in [1.54, 1.807) is 0 Å². The second-order valence-corrected chi connectivity index (χ2v) is 6.09. The molecule has 0 saturated carbocycles. The van der Waals surface area contributed by atoms with E-state index in [2.05, 4.69) is 6.58 Å². The van der Waals surface area contributed by atoms with Gasteiger partial charge in [0.2, 0.25) is 0 Å². The van der Waals surface area contributed by atoms with Gasteiger partial charge in [0, 0.05) is 0 Å². The Bertz CT molecular complexity index is 787. The molecule has 0 bridgehead atoms. The number of hydrogen-bond acceptors (Lipinski definition) is 2. The molecule has 0 radical (unpaired) electrons. The van der Waals surface area contributed by atoms with Crippen LogP contribution in [-0.4, -0.2) is 13.0 Å². The largest absolute Gasteiger partial charge is 0.295 e. The number of hydrogen-bond donors (Lipinski definition) is 1. The number of fused-ring (bicyclic) bond motifs is 1. The minimum atomic E-state index is -4.26. The van der Waals surface area contributed by atoms with Crippen LogP contribution in [0, 0.1) is 20.8 Å². The van der Waals surface area contributed by atoms with Crippen LogP contribution in [0.1, 0.15) is 22.3 Å². The molecular formula is C15H16O3S. The minimum absolute atomic E-state index is 0.0822. The van der Waals surface area contributed by atoms with E-state index in [0.29, 0.717) is 5.56 Å². The topological polar surface area (TPSA) is 54.4 Å². The first-order chi connectivity index (χ1) is 8.77. The van der Waals surface area contributed by atoms with Gasteiger partial charge in [0.05, 0.1) is 0 Å². The van der Waals surface area contributed by atoms with E-state index in [9.17, 15) is 13.0 Å². The van der Waals surface area contributed by atoms with Crippen molar-refractivity contribution in [2.45, 2.75) is 25.7 Å². The Morgan fingerprint density at radius 2 is 1.74 bits per heavy atom. The van der Waals surface area contributed by atoms with E-state index >= 15 is 0 Å². The zero-order valence-corrected chi connectivity index (χ0v) is 12.0. The molecule has 100 valence electrons. The van der Waals surface area contributed by atoms with Crippen LogP contribution >= 0.6 is 0 Å². The molecule has 0 unspecified atom stereocenters. The average Bonchev–Trinajstić information content (AvgIpc) is 2.32. The molecule has 0 atom stereocenters. The quantitative estimate of drug-likeness (QED) is 0.852. The summed E-state index contributed by atoms with van der Waals surface area (Å²) in [4.78, 5) is -0.0822. The third-order valence-electron chi connectivity index (χ3n) is 3.62. The molecule has 0 aliphatic heterocycles. The van der Waals surface area contributed by atoms with Crippen LogP contribution in [-0.2, 0) is 10.1 Å². The zero-order valence-electron chi connectivity index (χ0n) is 11.2. The van der Waals surface area contributed by atoms with E-state index < -0.39 is 10.1 Å². The maximum atomic E-state index is 11.5. The van der Waals surface area contributed by atoms with Gasteiger partial charge < -0.3 is 0 Å². The summed E-state index contributed by atoms with van der Waals surface area (Å²) in [7, 11) is -4.26. The van der Waals surface area contributed by atoms with Crippen molar-refractivity contribution in [3.63, 3.8) is 0 Å². The fourth-order valence-electron chi connectivity index (χ4n) is 2.36. The molecule has 0 spiro atoms. The van der Waals surface area contributed by atoms with Gasteiger partial charge in [-0.3, -0.25) is 4.55 Å². The summed E-state index contributed by atoms with van der Waals surface area (Å²) in [5.41, 5.74) is 3.36. The summed E-state index contributed by atoms with van der Waals surface area (Å²) in [6.45, 7) is 9.39. The van der Waals surface area contributed by atoms with E-state index in [-0.39, 0.29) is 4.90 Å². The second kappa shape index (κ2) is 4.47. The SMILES string of the molecule is C=Cc1c(S(=O)(=O)O)cc2c(C)c(C)ccc2c1C. The van der Waals surface area contributed by atoms with Crippen molar-refractivity contribution in [3.05, 3.63) is 47.0 Å². The highest BCUT2D eigenvalue weighted by atomic mass is 32.2. The molecule has 0 fully saturated rings. The lowest BCUT2D eigenvalue weighted by Crippen LogP contribution is -2.03. The van der Waals surface area contributed by atoms with E-state index in [1.165, 1.54) is 12.1 Å². The third kappa shape index (κ3) is 2.17. The summed E-state index contributed by atoms with van der Waals surface area (Å²) in [6, 6.07) is 5.50. The number of rotatable bonds is 2. The Balaban J connectivity index is 3.08. The molecule has 1 N–H and O–H groups in total. The van der Waals surface area contributed by atoms with Gasteiger partial charge >= 0.3 is 0 Å². The van der Waals surface area contributed by atoms with Gasteiger partial charge in [-0.1, -0.05) is 24.8 Å². The second-order valence-electron chi connectivity index (χ2n) is 4.70. The molecule has 2 aromatic rings. The van der Waals surface area contributed by atoms with Crippen molar-refractivity contribution >= 4 is 27.0 Å². The minimum Gasteiger partial charge on any atom is -0.282 e. The van der Waals surface area contributed by atoms with E-state index in [0.717, 1.165) is 27.5 Å². The van der Waals surface area contributed by atoms with Crippen molar-refractivity contribution in [3.8, 4) is 0 Å². The van der Waals surface area contributed by atoms with Crippen molar-refractivity contribution in [2.24, 2.45) is 0 Å². The molecule has 4 heteroatoms. The van der Waals surface area contributed by atoms with Crippen molar-refractivity contribution < 1.29 is 13.0 Å². The Hall–Kier alpha value is -1.65. The lowest BCUT2D eigenvalue weighted by Gasteiger charge is -2.14. The maximum absolute atomic E-state index is 11.5. The Labute approximate surface area is 113 Å². The number of aryl methyl sites for hydroxylation is 3. The van der Waals surface area contributed by atoms with Gasteiger partial charge in [0.25, 0.3) is 10.1 Å². The molecule has 0 heterocycles. The molecule has 0 amide bonds. The summed E-state index contributed by atoms with van der Waals surface area (Å²) < 4.78 is 32.4. The molecule has 2 rings (SSSR count). The molecule has 0 saturated heterocycles. The fraction of sp³-hybridized carbons (Fsp3) is 0.200. The monoisotopic (exact) mass is 276 g/mol. The normalized spacial score (nSPS) is 11.8. The lowest BCUT2D eigenvalue weighted by molar-refractivity contribution is 0.483. The Kier molecular flexibility index (Phi) is 3.24. The van der Waals surface area contributed by atoms with E-state index in [4.69, 9.17) is 0 Å². The van der Waals surface area contributed by atoms with Gasteiger partial charge in [-0.15, -0.1) is 0 Å².